The summed E-state index contributed by atoms with van der Waals surface area (Å²) in [4.78, 5) is 23.4. The molecule has 1 aliphatic heterocycles. The van der Waals surface area contributed by atoms with E-state index in [4.69, 9.17) is 27.9 Å². The lowest BCUT2D eigenvalue weighted by Crippen LogP contribution is -2.26. The zero-order valence-electron chi connectivity index (χ0n) is 13.3. The maximum absolute atomic E-state index is 12.1. The molecule has 25 heavy (non-hydrogen) atoms. The van der Waals surface area contributed by atoms with Crippen LogP contribution in [0.5, 0.6) is 5.75 Å². The first-order chi connectivity index (χ1) is 11.9. The Labute approximate surface area is 154 Å². The summed E-state index contributed by atoms with van der Waals surface area (Å²) in [6.45, 7) is 1.86. The standard InChI is InChI=1S/C17H15Cl2N3O3/c1-9-2-3-12(10(18)4-9)21-16(23)7-20-13-6-15-14(5-11(13)19)22-17(24)8-25-15/h2-6,20H,7-8H2,1H3,(H,21,23)(H,22,24). The summed E-state index contributed by atoms with van der Waals surface area (Å²) in [6.07, 6.45) is 0. The molecule has 130 valence electrons. The highest BCUT2D eigenvalue weighted by molar-refractivity contribution is 6.34. The summed E-state index contributed by atoms with van der Waals surface area (Å²) >= 11 is 12.3. The van der Waals surface area contributed by atoms with Gasteiger partial charge in [-0.3, -0.25) is 9.59 Å². The van der Waals surface area contributed by atoms with Gasteiger partial charge in [-0.1, -0.05) is 29.3 Å². The molecule has 0 saturated heterocycles. The van der Waals surface area contributed by atoms with Crippen LogP contribution in [-0.2, 0) is 9.59 Å². The predicted octanol–water partition coefficient (Wildman–Crippen LogP) is 3.68. The predicted molar refractivity (Wildman–Crippen MR) is 98.9 cm³/mol. The van der Waals surface area contributed by atoms with Crippen LogP contribution in [0.2, 0.25) is 10.0 Å². The highest BCUT2D eigenvalue weighted by Gasteiger charge is 2.18. The summed E-state index contributed by atoms with van der Waals surface area (Å²) in [6, 6.07) is 8.60. The van der Waals surface area contributed by atoms with Gasteiger partial charge < -0.3 is 20.7 Å². The number of rotatable bonds is 4. The number of aryl methyl sites for hydroxylation is 1. The number of anilines is 3. The lowest BCUT2D eigenvalue weighted by molar-refractivity contribution is -0.118. The number of hydrogen-bond acceptors (Lipinski definition) is 4. The van der Waals surface area contributed by atoms with E-state index in [0.29, 0.717) is 32.9 Å². The quantitative estimate of drug-likeness (QED) is 0.756. The average Bonchev–Trinajstić information content (AvgIpc) is 2.55. The molecule has 0 atom stereocenters. The molecule has 3 N–H and O–H groups in total. The van der Waals surface area contributed by atoms with E-state index in [1.54, 1.807) is 24.3 Å². The molecular weight excluding hydrogens is 365 g/mol. The van der Waals surface area contributed by atoms with Crippen LogP contribution in [0.4, 0.5) is 17.1 Å². The Bertz CT molecular complexity index is 855. The van der Waals surface area contributed by atoms with Crippen LogP contribution >= 0.6 is 23.2 Å². The molecule has 0 unspecified atom stereocenters. The lowest BCUT2D eigenvalue weighted by atomic mass is 10.2. The maximum Gasteiger partial charge on any atom is 0.262 e. The van der Waals surface area contributed by atoms with Crippen molar-refractivity contribution in [3.05, 3.63) is 45.9 Å². The molecule has 2 aromatic rings. The molecule has 0 saturated carbocycles. The molecule has 6 nitrogen and oxygen atoms in total. The Morgan fingerprint density at radius 2 is 1.96 bits per heavy atom. The fourth-order valence-corrected chi connectivity index (χ4v) is 2.84. The van der Waals surface area contributed by atoms with Gasteiger partial charge in [-0.05, 0) is 30.7 Å². The summed E-state index contributed by atoms with van der Waals surface area (Å²) in [5, 5.41) is 9.18. The Morgan fingerprint density at radius 1 is 1.20 bits per heavy atom. The van der Waals surface area contributed by atoms with E-state index >= 15 is 0 Å². The van der Waals surface area contributed by atoms with Gasteiger partial charge in [0.25, 0.3) is 5.91 Å². The van der Waals surface area contributed by atoms with Crippen LogP contribution in [0.15, 0.2) is 30.3 Å². The van der Waals surface area contributed by atoms with Gasteiger partial charge >= 0.3 is 0 Å². The first-order valence-electron chi connectivity index (χ1n) is 7.48. The summed E-state index contributed by atoms with van der Waals surface area (Å²) < 4.78 is 5.33. The van der Waals surface area contributed by atoms with Crippen LogP contribution < -0.4 is 20.7 Å². The zero-order valence-corrected chi connectivity index (χ0v) is 14.8. The summed E-state index contributed by atoms with van der Waals surface area (Å²) in [5.41, 5.74) is 2.58. The number of nitrogens with one attached hydrogen (secondary N) is 3. The van der Waals surface area contributed by atoms with E-state index in [9.17, 15) is 9.59 Å². The van der Waals surface area contributed by atoms with E-state index in [1.165, 1.54) is 0 Å². The number of amides is 2. The second kappa shape index (κ2) is 7.21. The monoisotopic (exact) mass is 379 g/mol. The van der Waals surface area contributed by atoms with Gasteiger partial charge in [0.1, 0.15) is 5.75 Å². The number of benzene rings is 2. The summed E-state index contributed by atoms with van der Waals surface area (Å²) in [5.74, 6) is -0.0131. The van der Waals surface area contributed by atoms with Crippen molar-refractivity contribution in [2.24, 2.45) is 0 Å². The third kappa shape index (κ3) is 4.15. The first kappa shape index (κ1) is 17.4. The van der Waals surface area contributed by atoms with E-state index in [2.05, 4.69) is 16.0 Å². The minimum atomic E-state index is -0.270. The largest absolute Gasteiger partial charge is 0.482 e. The molecule has 2 amide bonds. The van der Waals surface area contributed by atoms with Gasteiger partial charge in [0.15, 0.2) is 6.61 Å². The third-order valence-electron chi connectivity index (χ3n) is 3.54. The number of carbonyl (C=O) groups excluding carboxylic acids is 2. The molecule has 3 rings (SSSR count). The zero-order chi connectivity index (χ0) is 18.0. The minimum absolute atomic E-state index is 0.00489. The van der Waals surface area contributed by atoms with E-state index < -0.39 is 0 Å². The van der Waals surface area contributed by atoms with Crippen LogP contribution in [0.25, 0.3) is 0 Å². The normalized spacial score (nSPS) is 12.7. The van der Waals surface area contributed by atoms with Crippen LogP contribution in [0.3, 0.4) is 0 Å². The molecule has 1 heterocycles. The highest BCUT2D eigenvalue weighted by atomic mass is 35.5. The Balaban J connectivity index is 1.65. The smallest absolute Gasteiger partial charge is 0.262 e. The second-order valence-corrected chi connectivity index (χ2v) is 6.36. The van der Waals surface area contributed by atoms with Gasteiger partial charge in [-0.2, -0.15) is 0 Å². The maximum atomic E-state index is 12.1. The topological polar surface area (TPSA) is 79.5 Å². The van der Waals surface area contributed by atoms with Crippen molar-refractivity contribution < 1.29 is 14.3 Å². The number of carbonyl (C=O) groups is 2. The average molecular weight is 380 g/mol. The number of hydrogen-bond donors (Lipinski definition) is 3. The van der Waals surface area contributed by atoms with Crippen molar-refractivity contribution in [1.29, 1.82) is 0 Å². The van der Waals surface area contributed by atoms with Gasteiger partial charge in [-0.15, -0.1) is 0 Å². The molecule has 0 spiro atoms. The molecular formula is C17H15Cl2N3O3. The minimum Gasteiger partial charge on any atom is -0.482 e. The fraction of sp³-hybridized carbons (Fsp3) is 0.176. The SMILES string of the molecule is Cc1ccc(NC(=O)CNc2cc3c(cc2Cl)NC(=O)CO3)c(Cl)c1. The van der Waals surface area contributed by atoms with Crippen LogP contribution in [0, 0.1) is 6.92 Å². The first-order valence-corrected chi connectivity index (χ1v) is 8.24. The number of ether oxygens (including phenoxy) is 1. The lowest BCUT2D eigenvalue weighted by Gasteiger charge is -2.20. The number of fused-ring (bicyclic) bond motifs is 1. The van der Waals surface area contributed by atoms with Crippen molar-refractivity contribution in [1.82, 2.24) is 0 Å². The van der Waals surface area contributed by atoms with Gasteiger partial charge in [0, 0.05) is 6.07 Å². The second-order valence-electron chi connectivity index (χ2n) is 5.55. The van der Waals surface area contributed by atoms with Crippen molar-refractivity contribution in [2.75, 3.05) is 29.1 Å². The van der Waals surface area contributed by atoms with Gasteiger partial charge in [0.2, 0.25) is 5.91 Å². The number of halogens is 2. The molecule has 0 fully saturated rings. The van der Waals surface area contributed by atoms with E-state index in [0.717, 1.165) is 5.56 Å². The van der Waals surface area contributed by atoms with Crippen molar-refractivity contribution in [2.45, 2.75) is 6.92 Å². The molecule has 2 aromatic carbocycles. The van der Waals surface area contributed by atoms with Crippen molar-refractivity contribution >= 4 is 52.1 Å². The molecule has 1 aliphatic rings. The van der Waals surface area contributed by atoms with Gasteiger partial charge in [-0.25, -0.2) is 0 Å². The Hall–Kier alpha value is -2.44. The van der Waals surface area contributed by atoms with Crippen LogP contribution in [-0.4, -0.2) is 25.0 Å². The molecule has 0 bridgehead atoms. The summed E-state index contributed by atoms with van der Waals surface area (Å²) in [7, 11) is 0. The molecule has 0 aromatic heterocycles. The fourth-order valence-electron chi connectivity index (χ4n) is 2.33. The molecule has 0 aliphatic carbocycles. The van der Waals surface area contributed by atoms with Crippen molar-refractivity contribution in [3.63, 3.8) is 0 Å². The van der Waals surface area contributed by atoms with E-state index in [1.807, 2.05) is 13.0 Å². The highest BCUT2D eigenvalue weighted by Crippen LogP contribution is 2.36. The van der Waals surface area contributed by atoms with Crippen molar-refractivity contribution in [3.8, 4) is 5.75 Å². The van der Waals surface area contributed by atoms with Gasteiger partial charge in [0.05, 0.1) is 33.7 Å². The van der Waals surface area contributed by atoms with E-state index in [-0.39, 0.29) is 25.0 Å². The molecule has 8 heteroatoms. The Morgan fingerprint density at radius 3 is 2.72 bits per heavy atom. The Kier molecular flexibility index (Phi) is 5.01. The van der Waals surface area contributed by atoms with Crippen LogP contribution in [0.1, 0.15) is 5.56 Å². The third-order valence-corrected chi connectivity index (χ3v) is 4.17. The molecule has 0 radical (unpaired) electrons.